The van der Waals surface area contributed by atoms with Crippen LogP contribution in [-0.4, -0.2) is 19.8 Å². The molecule has 0 bridgehead atoms. The average Bonchev–Trinajstić information content (AvgIpc) is 2.89. The molecule has 1 rings (SSSR count). The minimum absolute atomic E-state index is 0.455. The van der Waals surface area contributed by atoms with Crippen LogP contribution in [-0.2, 0) is 6.54 Å². The Bertz CT molecular complexity index is 728. The van der Waals surface area contributed by atoms with Gasteiger partial charge in [0.25, 0.3) is 0 Å². The molecule has 0 aliphatic rings. The molecule has 0 aliphatic heterocycles. The van der Waals surface area contributed by atoms with Crippen LogP contribution in [0.25, 0.3) is 0 Å². The fraction of sp³-hybridized carbons (Fsp3) is 0.838. The number of rotatable bonds is 25. The van der Waals surface area contributed by atoms with Crippen molar-refractivity contribution in [2.45, 2.75) is 146 Å². The van der Waals surface area contributed by atoms with Gasteiger partial charge in [0.15, 0.2) is 11.5 Å². The Hall–Kier alpha value is -1.42. The maximum Gasteiger partial charge on any atom is 0.203 e. The van der Waals surface area contributed by atoms with Gasteiger partial charge in [0, 0.05) is 6.54 Å². The summed E-state index contributed by atoms with van der Waals surface area (Å²) in [6.45, 7) is 23.4. The first kappa shape index (κ1) is 37.6. The smallest absolute Gasteiger partial charge is 0.203 e. The van der Waals surface area contributed by atoms with Crippen LogP contribution in [0.4, 0.5) is 0 Å². The Morgan fingerprint density at radius 3 is 1.15 bits per heavy atom. The topological polar surface area (TPSA) is 53.7 Å². The van der Waals surface area contributed by atoms with E-state index in [-0.39, 0.29) is 0 Å². The van der Waals surface area contributed by atoms with E-state index in [9.17, 15) is 0 Å². The van der Waals surface area contributed by atoms with Crippen LogP contribution in [0, 0.1) is 35.5 Å². The lowest BCUT2D eigenvalue weighted by atomic mass is 9.97. The van der Waals surface area contributed by atoms with Gasteiger partial charge in [0.05, 0.1) is 19.8 Å². The molecule has 4 nitrogen and oxygen atoms in total. The molecule has 0 radical (unpaired) electrons. The van der Waals surface area contributed by atoms with Gasteiger partial charge in [-0.3, -0.25) is 0 Å². The number of benzene rings is 1. The summed E-state index contributed by atoms with van der Waals surface area (Å²) in [6.07, 6.45) is 14.7. The van der Waals surface area contributed by atoms with Crippen molar-refractivity contribution in [3.8, 4) is 17.2 Å². The minimum Gasteiger partial charge on any atom is -0.490 e. The van der Waals surface area contributed by atoms with Crippen LogP contribution in [0.1, 0.15) is 145 Å². The van der Waals surface area contributed by atoms with E-state index in [4.69, 9.17) is 19.9 Å². The largest absolute Gasteiger partial charge is 0.490 e. The fourth-order valence-corrected chi connectivity index (χ4v) is 5.26. The quantitative estimate of drug-likeness (QED) is 0.126. The Balaban J connectivity index is 2.87. The third kappa shape index (κ3) is 18.7. The van der Waals surface area contributed by atoms with E-state index in [1.165, 1.54) is 57.8 Å². The molecule has 0 spiro atoms. The molecule has 0 unspecified atom stereocenters. The highest BCUT2D eigenvalue weighted by atomic mass is 16.5. The molecule has 0 saturated carbocycles. The van der Waals surface area contributed by atoms with Crippen molar-refractivity contribution in [1.29, 1.82) is 0 Å². The second kappa shape index (κ2) is 22.2. The first-order valence-corrected chi connectivity index (χ1v) is 17.3. The molecule has 0 saturated heterocycles. The predicted molar refractivity (Wildman–Crippen MR) is 178 cm³/mol. The van der Waals surface area contributed by atoms with E-state index in [1.54, 1.807) is 0 Å². The van der Waals surface area contributed by atoms with Crippen molar-refractivity contribution in [2.24, 2.45) is 41.2 Å². The van der Waals surface area contributed by atoms with Crippen molar-refractivity contribution >= 4 is 0 Å². The Morgan fingerprint density at radius 2 is 0.829 bits per heavy atom. The van der Waals surface area contributed by atoms with E-state index in [0.717, 1.165) is 59.8 Å². The summed E-state index contributed by atoms with van der Waals surface area (Å²) < 4.78 is 19.3. The molecular weight excluding hydrogens is 506 g/mol. The monoisotopic (exact) mass is 576 g/mol. The summed E-state index contributed by atoms with van der Waals surface area (Å²) in [7, 11) is 0. The molecule has 4 heteroatoms. The summed E-state index contributed by atoms with van der Waals surface area (Å²) in [4.78, 5) is 0. The van der Waals surface area contributed by atoms with Gasteiger partial charge in [0.1, 0.15) is 0 Å². The minimum atomic E-state index is 0.455. The molecule has 1 aromatic rings. The number of hydrogen-bond acceptors (Lipinski definition) is 4. The molecule has 0 aromatic heterocycles. The van der Waals surface area contributed by atoms with E-state index in [0.29, 0.717) is 44.1 Å². The summed E-state index contributed by atoms with van der Waals surface area (Å²) in [5, 5.41) is 0. The van der Waals surface area contributed by atoms with E-state index < -0.39 is 0 Å². The molecule has 41 heavy (non-hydrogen) atoms. The van der Waals surface area contributed by atoms with Gasteiger partial charge in [-0.2, -0.15) is 0 Å². The highest BCUT2D eigenvalue weighted by Gasteiger charge is 2.17. The van der Waals surface area contributed by atoms with Gasteiger partial charge < -0.3 is 19.9 Å². The molecule has 0 aliphatic carbocycles. The Morgan fingerprint density at radius 1 is 0.488 bits per heavy atom. The van der Waals surface area contributed by atoms with Crippen molar-refractivity contribution in [2.75, 3.05) is 19.8 Å². The van der Waals surface area contributed by atoms with Crippen molar-refractivity contribution in [1.82, 2.24) is 0 Å². The van der Waals surface area contributed by atoms with E-state index in [2.05, 4.69) is 74.4 Å². The van der Waals surface area contributed by atoms with Crippen molar-refractivity contribution in [3.05, 3.63) is 17.7 Å². The highest BCUT2D eigenvalue weighted by Crippen LogP contribution is 2.40. The lowest BCUT2D eigenvalue weighted by molar-refractivity contribution is 0.216. The molecule has 0 fully saturated rings. The fourth-order valence-electron chi connectivity index (χ4n) is 5.26. The van der Waals surface area contributed by atoms with Gasteiger partial charge >= 0.3 is 0 Å². The standard InChI is InChI=1S/C37H69NO3/c1-28(2)13-10-16-31(7)19-22-39-35-25-34(27-38)26-36(40-23-20-32(8)17-11-14-29(3)4)37(35)41-24-21-33(9)18-12-15-30(5)6/h25-26,28-33H,10-24,27,38H2,1-9H3/t31-,32-,33-/m0/s1. The second-order valence-corrected chi connectivity index (χ2v) is 14.3. The molecule has 2 N–H and O–H groups in total. The van der Waals surface area contributed by atoms with Gasteiger partial charge in [-0.15, -0.1) is 0 Å². The van der Waals surface area contributed by atoms with Gasteiger partial charge in [-0.25, -0.2) is 0 Å². The normalized spacial score (nSPS) is 14.1. The first-order chi connectivity index (χ1) is 19.5. The number of hydrogen-bond donors (Lipinski definition) is 1. The predicted octanol–water partition coefficient (Wildman–Crippen LogP) is 10.8. The zero-order valence-corrected chi connectivity index (χ0v) is 28.7. The zero-order chi connectivity index (χ0) is 30.6. The molecule has 0 amide bonds. The average molecular weight is 576 g/mol. The van der Waals surface area contributed by atoms with E-state index >= 15 is 0 Å². The second-order valence-electron chi connectivity index (χ2n) is 14.3. The molecule has 1 aromatic carbocycles. The van der Waals surface area contributed by atoms with Crippen LogP contribution < -0.4 is 19.9 Å². The molecule has 240 valence electrons. The van der Waals surface area contributed by atoms with E-state index in [1.807, 2.05) is 0 Å². The van der Waals surface area contributed by atoms with Crippen LogP contribution in [0.2, 0.25) is 0 Å². The molecule has 3 atom stereocenters. The summed E-state index contributed by atoms with van der Waals surface area (Å²) in [5.74, 6) is 6.60. The molecular formula is C37H69NO3. The third-order valence-corrected chi connectivity index (χ3v) is 8.34. The lowest BCUT2D eigenvalue weighted by Crippen LogP contribution is -2.11. The third-order valence-electron chi connectivity index (χ3n) is 8.34. The zero-order valence-electron chi connectivity index (χ0n) is 28.7. The Kier molecular flexibility index (Phi) is 20.3. The Labute approximate surface area is 255 Å². The number of ether oxygens (including phenoxy) is 3. The van der Waals surface area contributed by atoms with Crippen molar-refractivity contribution in [3.63, 3.8) is 0 Å². The summed E-state index contributed by atoms with van der Waals surface area (Å²) >= 11 is 0. The maximum absolute atomic E-state index is 6.47. The maximum atomic E-state index is 6.47. The van der Waals surface area contributed by atoms with Crippen LogP contribution >= 0.6 is 0 Å². The van der Waals surface area contributed by atoms with Gasteiger partial charge in [-0.1, -0.05) is 120 Å². The summed E-state index contributed by atoms with van der Waals surface area (Å²) in [6, 6.07) is 4.12. The first-order valence-electron chi connectivity index (χ1n) is 17.3. The SMILES string of the molecule is CC(C)CCC[C@H](C)CCOc1cc(CN)cc(OCC[C@@H](C)CCCC(C)C)c1OCC[C@@H](C)CCCC(C)C. The van der Waals surface area contributed by atoms with Crippen LogP contribution in [0.3, 0.4) is 0 Å². The number of nitrogens with two attached hydrogens (primary N) is 1. The summed E-state index contributed by atoms with van der Waals surface area (Å²) in [5.41, 5.74) is 7.13. The van der Waals surface area contributed by atoms with Crippen LogP contribution in [0.15, 0.2) is 12.1 Å². The van der Waals surface area contributed by atoms with Crippen LogP contribution in [0.5, 0.6) is 17.2 Å². The molecule has 0 heterocycles. The van der Waals surface area contributed by atoms with Crippen molar-refractivity contribution < 1.29 is 14.2 Å². The van der Waals surface area contributed by atoms with Gasteiger partial charge in [0.2, 0.25) is 5.75 Å². The highest BCUT2D eigenvalue weighted by molar-refractivity contribution is 5.54. The lowest BCUT2D eigenvalue weighted by Gasteiger charge is -2.21. The van der Waals surface area contributed by atoms with Gasteiger partial charge in [-0.05, 0) is 72.5 Å².